The molecule has 1 aliphatic carbocycles. The predicted octanol–water partition coefficient (Wildman–Crippen LogP) is 3.27. The Labute approximate surface area is 96.3 Å². The van der Waals surface area contributed by atoms with Gasteiger partial charge in [-0.05, 0) is 38.2 Å². The Morgan fingerprint density at radius 3 is 2.38 bits per heavy atom. The molecule has 0 saturated heterocycles. The molecule has 2 nitrogen and oxygen atoms in total. The zero-order chi connectivity index (χ0) is 11.7. The van der Waals surface area contributed by atoms with Crippen molar-refractivity contribution in [1.82, 2.24) is 0 Å². The minimum Gasteiger partial charge on any atom is -0.481 e. The summed E-state index contributed by atoms with van der Waals surface area (Å²) in [6.45, 7) is 4.14. The van der Waals surface area contributed by atoms with Crippen LogP contribution in [0.2, 0.25) is 0 Å². The summed E-state index contributed by atoms with van der Waals surface area (Å²) in [5, 5.41) is 9.18. The largest absolute Gasteiger partial charge is 0.481 e. The quantitative estimate of drug-likeness (QED) is 0.827. The third-order valence-electron chi connectivity index (χ3n) is 3.51. The van der Waals surface area contributed by atoms with Crippen LogP contribution in [0.4, 0.5) is 0 Å². The minimum atomic E-state index is -0.637. The van der Waals surface area contributed by atoms with E-state index in [2.05, 4.69) is 32.0 Å². The standard InChI is InChI=1S/C14H18O2/c1-9-6-10(2)8-11(7-9)12-4-3-5-13(12)14(15)16/h6-8,12-13H,3-5H2,1-2H3,(H,15,16). The molecule has 0 spiro atoms. The summed E-state index contributed by atoms with van der Waals surface area (Å²) < 4.78 is 0. The van der Waals surface area contributed by atoms with E-state index in [1.54, 1.807) is 0 Å². The molecule has 2 heteroatoms. The molecule has 1 fully saturated rings. The first kappa shape index (κ1) is 11.2. The second-order valence-corrected chi connectivity index (χ2v) is 4.90. The number of hydrogen-bond acceptors (Lipinski definition) is 1. The molecule has 2 unspecified atom stereocenters. The third kappa shape index (κ3) is 2.11. The zero-order valence-electron chi connectivity index (χ0n) is 9.86. The van der Waals surface area contributed by atoms with Crippen molar-refractivity contribution in [3.63, 3.8) is 0 Å². The van der Waals surface area contributed by atoms with Gasteiger partial charge in [0, 0.05) is 0 Å². The van der Waals surface area contributed by atoms with E-state index in [1.807, 2.05) is 0 Å². The van der Waals surface area contributed by atoms with Gasteiger partial charge in [0.05, 0.1) is 5.92 Å². The maximum atomic E-state index is 11.2. The fraction of sp³-hybridized carbons (Fsp3) is 0.500. The molecule has 1 aliphatic rings. The molecule has 1 aromatic carbocycles. The van der Waals surface area contributed by atoms with E-state index in [0.29, 0.717) is 0 Å². The molecule has 0 amide bonds. The van der Waals surface area contributed by atoms with Crippen LogP contribution in [-0.2, 0) is 4.79 Å². The second kappa shape index (κ2) is 4.28. The Morgan fingerprint density at radius 2 is 1.81 bits per heavy atom. The van der Waals surface area contributed by atoms with Gasteiger partial charge < -0.3 is 5.11 Å². The first-order valence-corrected chi connectivity index (χ1v) is 5.89. The van der Waals surface area contributed by atoms with Crippen molar-refractivity contribution in [3.8, 4) is 0 Å². The molecule has 0 aromatic heterocycles. The number of carboxylic acid groups (broad SMARTS) is 1. The van der Waals surface area contributed by atoms with Crippen LogP contribution < -0.4 is 0 Å². The van der Waals surface area contributed by atoms with Crippen LogP contribution in [0, 0.1) is 19.8 Å². The van der Waals surface area contributed by atoms with E-state index in [-0.39, 0.29) is 11.8 Å². The fourth-order valence-electron chi connectivity index (χ4n) is 2.88. The van der Waals surface area contributed by atoms with Crippen molar-refractivity contribution in [3.05, 3.63) is 34.9 Å². The van der Waals surface area contributed by atoms with Gasteiger partial charge in [0.25, 0.3) is 0 Å². The normalized spacial score (nSPS) is 24.6. The van der Waals surface area contributed by atoms with Gasteiger partial charge in [0.2, 0.25) is 0 Å². The van der Waals surface area contributed by atoms with Crippen molar-refractivity contribution >= 4 is 5.97 Å². The van der Waals surface area contributed by atoms with E-state index in [4.69, 9.17) is 0 Å². The van der Waals surface area contributed by atoms with Crippen LogP contribution >= 0.6 is 0 Å². The lowest BCUT2D eigenvalue weighted by Crippen LogP contribution is -2.16. The van der Waals surface area contributed by atoms with Gasteiger partial charge in [-0.2, -0.15) is 0 Å². The zero-order valence-corrected chi connectivity index (χ0v) is 9.86. The minimum absolute atomic E-state index is 0.179. The molecular weight excluding hydrogens is 200 g/mol. The fourth-order valence-corrected chi connectivity index (χ4v) is 2.88. The SMILES string of the molecule is Cc1cc(C)cc(C2CCCC2C(=O)O)c1. The van der Waals surface area contributed by atoms with Gasteiger partial charge in [-0.3, -0.25) is 4.79 Å². The number of hydrogen-bond donors (Lipinski definition) is 1. The molecule has 1 aromatic rings. The number of rotatable bonds is 2. The number of aryl methyl sites for hydroxylation is 2. The van der Waals surface area contributed by atoms with E-state index in [0.717, 1.165) is 19.3 Å². The molecule has 0 heterocycles. The number of carbonyl (C=O) groups is 1. The van der Waals surface area contributed by atoms with Crippen molar-refractivity contribution in [2.45, 2.75) is 39.0 Å². The smallest absolute Gasteiger partial charge is 0.307 e. The number of carboxylic acids is 1. The van der Waals surface area contributed by atoms with Gasteiger partial charge in [0.15, 0.2) is 0 Å². The van der Waals surface area contributed by atoms with E-state index < -0.39 is 5.97 Å². The highest BCUT2D eigenvalue weighted by Gasteiger charge is 2.33. The van der Waals surface area contributed by atoms with Gasteiger partial charge in [0.1, 0.15) is 0 Å². The summed E-state index contributed by atoms with van der Waals surface area (Å²) in [6, 6.07) is 6.41. The summed E-state index contributed by atoms with van der Waals surface area (Å²) >= 11 is 0. The Bertz CT molecular complexity index is 389. The molecule has 2 atom stereocenters. The van der Waals surface area contributed by atoms with Crippen molar-refractivity contribution in [1.29, 1.82) is 0 Å². The van der Waals surface area contributed by atoms with Crippen LogP contribution in [0.1, 0.15) is 41.9 Å². The molecule has 16 heavy (non-hydrogen) atoms. The number of benzene rings is 1. The molecular formula is C14H18O2. The summed E-state index contributed by atoms with van der Waals surface area (Å²) in [5.74, 6) is -0.598. The van der Waals surface area contributed by atoms with Crippen molar-refractivity contribution in [2.24, 2.45) is 5.92 Å². The third-order valence-corrected chi connectivity index (χ3v) is 3.51. The summed E-state index contributed by atoms with van der Waals surface area (Å²) in [5.41, 5.74) is 3.67. The Kier molecular flexibility index (Phi) is 2.99. The maximum Gasteiger partial charge on any atom is 0.307 e. The van der Waals surface area contributed by atoms with E-state index in [9.17, 15) is 9.90 Å². The Hall–Kier alpha value is -1.31. The summed E-state index contributed by atoms with van der Waals surface area (Å²) in [6.07, 6.45) is 2.88. The van der Waals surface area contributed by atoms with Crippen LogP contribution in [0.25, 0.3) is 0 Å². The first-order chi connectivity index (χ1) is 7.58. The van der Waals surface area contributed by atoms with E-state index >= 15 is 0 Å². The lowest BCUT2D eigenvalue weighted by molar-refractivity contribution is -0.142. The maximum absolute atomic E-state index is 11.2. The lowest BCUT2D eigenvalue weighted by atomic mass is 9.87. The van der Waals surface area contributed by atoms with Crippen LogP contribution in [0.5, 0.6) is 0 Å². The Balaban J connectivity index is 2.32. The van der Waals surface area contributed by atoms with Gasteiger partial charge in [-0.15, -0.1) is 0 Å². The average molecular weight is 218 g/mol. The molecule has 1 saturated carbocycles. The lowest BCUT2D eigenvalue weighted by Gasteiger charge is -2.17. The molecule has 1 N–H and O–H groups in total. The average Bonchev–Trinajstić information content (AvgIpc) is 2.63. The van der Waals surface area contributed by atoms with Gasteiger partial charge in [-0.1, -0.05) is 35.7 Å². The van der Waals surface area contributed by atoms with Crippen LogP contribution in [-0.4, -0.2) is 11.1 Å². The first-order valence-electron chi connectivity index (χ1n) is 5.89. The molecule has 0 radical (unpaired) electrons. The second-order valence-electron chi connectivity index (χ2n) is 4.90. The molecule has 2 rings (SSSR count). The van der Waals surface area contributed by atoms with Gasteiger partial charge >= 0.3 is 5.97 Å². The molecule has 0 aliphatic heterocycles. The predicted molar refractivity (Wildman–Crippen MR) is 63.6 cm³/mol. The highest BCUT2D eigenvalue weighted by Crippen LogP contribution is 2.40. The molecule has 86 valence electrons. The monoisotopic (exact) mass is 218 g/mol. The highest BCUT2D eigenvalue weighted by atomic mass is 16.4. The van der Waals surface area contributed by atoms with Crippen LogP contribution in [0.15, 0.2) is 18.2 Å². The highest BCUT2D eigenvalue weighted by molar-refractivity contribution is 5.72. The van der Waals surface area contributed by atoms with Crippen molar-refractivity contribution in [2.75, 3.05) is 0 Å². The van der Waals surface area contributed by atoms with Crippen molar-refractivity contribution < 1.29 is 9.90 Å². The molecule has 0 bridgehead atoms. The summed E-state index contributed by atoms with van der Waals surface area (Å²) in [4.78, 5) is 11.2. The number of aliphatic carboxylic acids is 1. The van der Waals surface area contributed by atoms with E-state index in [1.165, 1.54) is 16.7 Å². The Morgan fingerprint density at radius 1 is 1.19 bits per heavy atom. The van der Waals surface area contributed by atoms with Gasteiger partial charge in [-0.25, -0.2) is 0 Å². The summed E-state index contributed by atoms with van der Waals surface area (Å²) in [7, 11) is 0. The van der Waals surface area contributed by atoms with Crippen LogP contribution in [0.3, 0.4) is 0 Å². The topological polar surface area (TPSA) is 37.3 Å².